The average Bonchev–Trinajstić information content (AvgIpc) is 2.64. The summed E-state index contributed by atoms with van der Waals surface area (Å²) in [5.74, 6) is 0.197. The fourth-order valence-electron chi connectivity index (χ4n) is 3.00. The quantitative estimate of drug-likeness (QED) is 0.732. The molecule has 1 saturated heterocycles. The molecule has 4 unspecified atom stereocenters. The van der Waals surface area contributed by atoms with Gasteiger partial charge >= 0.3 is 0 Å². The van der Waals surface area contributed by atoms with Gasteiger partial charge in [-0.3, -0.25) is 9.59 Å². The molecule has 102 valence electrons. The molecule has 2 fully saturated rings. The third-order valence-electron chi connectivity index (χ3n) is 4.44. The van der Waals surface area contributed by atoms with Crippen LogP contribution in [0.5, 0.6) is 0 Å². The van der Waals surface area contributed by atoms with Crippen LogP contribution in [0.25, 0.3) is 0 Å². The summed E-state index contributed by atoms with van der Waals surface area (Å²) in [6.07, 6.45) is 3.60. The molecule has 4 atom stereocenters. The maximum atomic E-state index is 12.2. The molecule has 5 heteroatoms. The lowest BCUT2D eigenvalue weighted by Crippen LogP contribution is -2.48. The van der Waals surface area contributed by atoms with Gasteiger partial charge < -0.3 is 16.0 Å². The Balaban J connectivity index is 1.93. The minimum atomic E-state index is -0.326. The van der Waals surface area contributed by atoms with E-state index in [1.807, 2.05) is 6.92 Å². The molecule has 1 aliphatic carbocycles. The highest BCUT2D eigenvalue weighted by Crippen LogP contribution is 2.29. The Kier molecular flexibility index (Phi) is 3.90. The second-order valence-electron chi connectivity index (χ2n) is 5.67. The van der Waals surface area contributed by atoms with Crippen molar-refractivity contribution in [3.05, 3.63) is 0 Å². The van der Waals surface area contributed by atoms with E-state index >= 15 is 0 Å². The smallest absolute Gasteiger partial charge is 0.244 e. The molecule has 1 heterocycles. The Hall–Kier alpha value is -1.10. The summed E-state index contributed by atoms with van der Waals surface area (Å²) in [5.41, 5.74) is 6.01. The number of rotatable bonds is 2. The van der Waals surface area contributed by atoms with Crippen molar-refractivity contribution in [1.29, 1.82) is 0 Å². The van der Waals surface area contributed by atoms with E-state index in [0.29, 0.717) is 6.42 Å². The molecule has 0 aromatic heterocycles. The Morgan fingerprint density at radius 3 is 2.72 bits per heavy atom. The van der Waals surface area contributed by atoms with Crippen molar-refractivity contribution in [2.75, 3.05) is 13.6 Å². The van der Waals surface area contributed by atoms with Crippen LogP contribution in [0.2, 0.25) is 0 Å². The molecular formula is C13H23N3O2. The number of amides is 2. The van der Waals surface area contributed by atoms with Crippen LogP contribution in [-0.2, 0) is 9.59 Å². The van der Waals surface area contributed by atoms with E-state index in [0.717, 1.165) is 25.8 Å². The minimum absolute atomic E-state index is 0.00583. The van der Waals surface area contributed by atoms with Gasteiger partial charge in [-0.15, -0.1) is 0 Å². The van der Waals surface area contributed by atoms with E-state index in [1.54, 1.807) is 11.9 Å². The van der Waals surface area contributed by atoms with Gasteiger partial charge in [0.05, 0.1) is 0 Å². The first-order valence-electron chi connectivity index (χ1n) is 6.81. The van der Waals surface area contributed by atoms with Gasteiger partial charge in [-0.25, -0.2) is 0 Å². The van der Waals surface area contributed by atoms with E-state index < -0.39 is 0 Å². The molecule has 0 bridgehead atoms. The Bertz CT molecular complexity index is 345. The number of carbonyl (C=O) groups is 2. The van der Waals surface area contributed by atoms with Crippen LogP contribution >= 0.6 is 0 Å². The van der Waals surface area contributed by atoms with Gasteiger partial charge in [0.15, 0.2) is 0 Å². The van der Waals surface area contributed by atoms with Gasteiger partial charge in [-0.1, -0.05) is 13.3 Å². The molecule has 2 amide bonds. The molecular weight excluding hydrogens is 230 g/mol. The number of hydrogen-bond acceptors (Lipinski definition) is 3. The van der Waals surface area contributed by atoms with E-state index in [-0.39, 0.29) is 35.7 Å². The van der Waals surface area contributed by atoms with Gasteiger partial charge in [0.1, 0.15) is 6.04 Å². The van der Waals surface area contributed by atoms with Crippen molar-refractivity contribution >= 4 is 11.8 Å². The standard InChI is InChI=1S/C13H23N3O2/c1-8-9(4-3-5-10(8)14)12(17)15-11-6-7-16(2)13(11)18/h8-11H,3-7,14H2,1-2H3,(H,15,17). The molecule has 1 aliphatic heterocycles. The van der Waals surface area contributed by atoms with Crippen molar-refractivity contribution < 1.29 is 9.59 Å². The number of carbonyl (C=O) groups excluding carboxylic acids is 2. The van der Waals surface area contributed by atoms with E-state index in [9.17, 15) is 9.59 Å². The van der Waals surface area contributed by atoms with E-state index in [4.69, 9.17) is 5.73 Å². The lowest BCUT2D eigenvalue weighted by atomic mass is 9.77. The summed E-state index contributed by atoms with van der Waals surface area (Å²) in [6, 6.07) is -0.218. The lowest BCUT2D eigenvalue weighted by Gasteiger charge is -2.33. The maximum absolute atomic E-state index is 12.2. The summed E-state index contributed by atoms with van der Waals surface area (Å²) in [7, 11) is 1.77. The number of hydrogen-bond donors (Lipinski definition) is 2. The number of likely N-dealkylation sites (N-methyl/N-ethyl adjacent to an activating group) is 1. The van der Waals surface area contributed by atoms with Gasteiger partial charge in [0.25, 0.3) is 0 Å². The maximum Gasteiger partial charge on any atom is 0.244 e. The molecule has 1 saturated carbocycles. The summed E-state index contributed by atoms with van der Waals surface area (Å²) < 4.78 is 0. The molecule has 3 N–H and O–H groups in total. The molecule has 2 aliphatic rings. The minimum Gasteiger partial charge on any atom is -0.344 e. The first-order valence-corrected chi connectivity index (χ1v) is 6.81. The van der Waals surface area contributed by atoms with Crippen molar-refractivity contribution in [3.63, 3.8) is 0 Å². The van der Waals surface area contributed by atoms with Gasteiger partial charge in [-0.2, -0.15) is 0 Å². The number of likely N-dealkylation sites (tertiary alicyclic amines) is 1. The number of nitrogens with two attached hydrogens (primary N) is 1. The fourth-order valence-corrected chi connectivity index (χ4v) is 3.00. The molecule has 2 rings (SSSR count). The third kappa shape index (κ3) is 2.51. The first-order chi connectivity index (χ1) is 8.50. The van der Waals surface area contributed by atoms with Gasteiger partial charge in [0, 0.05) is 25.6 Å². The summed E-state index contributed by atoms with van der Waals surface area (Å²) in [6.45, 7) is 2.76. The lowest BCUT2D eigenvalue weighted by molar-refractivity contribution is -0.134. The van der Waals surface area contributed by atoms with Crippen LogP contribution in [0, 0.1) is 11.8 Å². The van der Waals surface area contributed by atoms with Crippen molar-refractivity contribution in [3.8, 4) is 0 Å². The van der Waals surface area contributed by atoms with E-state index in [2.05, 4.69) is 5.32 Å². The van der Waals surface area contributed by atoms with Crippen LogP contribution in [-0.4, -0.2) is 42.4 Å². The first kappa shape index (κ1) is 13.3. The summed E-state index contributed by atoms with van der Waals surface area (Å²) in [5, 5.41) is 2.89. The Morgan fingerprint density at radius 2 is 2.11 bits per heavy atom. The molecule has 18 heavy (non-hydrogen) atoms. The zero-order valence-electron chi connectivity index (χ0n) is 11.2. The number of nitrogens with one attached hydrogen (secondary N) is 1. The van der Waals surface area contributed by atoms with Gasteiger partial charge in [-0.05, 0) is 25.2 Å². The fraction of sp³-hybridized carbons (Fsp3) is 0.846. The largest absolute Gasteiger partial charge is 0.344 e. The summed E-state index contributed by atoms with van der Waals surface area (Å²) >= 11 is 0. The number of nitrogens with zero attached hydrogens (tertiary/aromatic N) is 1. The molecule has 0 aromatic rings. The normalized spacial score (nSPS) is 36.8. The zero-order chi connectivity index (χ0) is 13.3. The van der Waals surface area contributed by atoms with E-state index in [1.165, 1.54) is 0 Å². The van der Waals surface area contributed by atoms with Crippen LogP contribution in [0.1, 0.15) is 32.6 Å². The second-order valence-corrected chi connectivity index (χ2v) is 5.67. The molecule has 0 radical (unpaired) electrons. The van der Waals surface area contributed by atoms with Crippen molar-refractivity contribution in [2.45, 2.75) is 44.7 Å². The highest BCUT2D eigenvalue weighted by atomic mass is 16.2. The van der Waals surface area contributed by atoms with Gasteiger partial charge in [0.2, 0.25) is 11.8 Å². The Labute approximate surface area is 108 Å². The highest BCUT2D eigenvalue weighted by molar-refractivity contribution is 5.89. The van der Waals surface area contributed by atoms with Crippen molar-refractivity contribution in [1.82, 2.24) is 10.2 Å². The SMILES string of the molecule is CC1C(N)CCCC1C(=O)NC1CCN(C)C1=O. The Morgan fingerprint density at radius 1 is 1.39 bits per heavy atom. The topological polar surface area (TPSA) is 75.4 Å². The molecule has 5 nitrogen and oxygen atoms in total. The zero-order valence-corrected chi connectivity index (χ0v) is 11.2. The second kappa shape index (κ2) is 5.26. The molecule has 0 spiro atoms. The summed E-state index contributed by atoms with van der Waals surface area (Å²) in [4.78, 5) is 25.6. The van der Waals surface area contributed by atoms with Crippen molar-refractivity contribution in [2.24, 2.45) is 17.6 Å². The van der Waals surface area contributed by atoms with Crippen LogP contribution < -0.4 is 11.1 Å². The molecule has 0 aromatic carbocycles. The monoisotopic (exact) mass is 253 g/mol. The predicted molar refractivity (Wildman–Crippen MR) is 68.7 cm³/mol. The van der Waals surface area contributed by atoms with Crippen LogP contribution in [0.3, 0.4) is 0 Å². The predicted octanol–water partition coefficient (Wildman–Crippen LogP) is 0.0968. The van der Waals surface area contributed by atoms with Crippen LogP contribution in [0.4, 0.5) is 0 Å². The average molecular weight is 253 g/mol. The van der Waals surface area contributed by atoms with Crippen LogP contribution in [0.15, 0.2) is 0 Å². The highest BCUT2D eigenvalue weighted by Gasteiger charge is 2.36. The third-order valence-corrected chi connectivity index (χ3v) is 4.44.